The molecule has 112 valence electrons. The fourth-order valence-electron chi connectivity index (χ4n) is 2.12. The van der Waals surface area contributed by atoms with Crippen LogP contribution in [0.15, 0.2) is 41.7 Å². The summed E-state index contributed by atoms with van der Waals surface area (Å²) in [7, 11) is 0. The van der Waals surface area contributed by atoms with E-state index in [1.54, 1.807) is 18.1 Å². The maximum Gasteiger partial charge on any atom is 0.133 e. The highest BCUT2D eigenvalue weighted by Crippen LogP contribution is 2.28. The molecule has 0 aliphatic rings. The molecule has 0 spiro atoms. The number of rotatable bonds is 8. The van der Waals surface area contributed by atoms with Gasteiger partial charge >= 0.3 is 0 Å². The van der Waals surface area contributed by atoms with E-state index in [-0.39, 0.29) is 0 Å². The van der Waals surface area contributed by atoms with Gasteiger partial charge in [-0.15, -0.1) is 11.8 Å². The normalized spacial score (nSPS) is 10.6. The summed E-state index contributed by atoms with van der Waals surface area (Å²) in [5, 5.41) is 4.53. The van der Waals surface area contributed by atoms with Gasteiger partial charge in [0.1, 0.15) is 17.2 Å². The lowest BCUT2D eigenvalue weighted by Gasteiger charge is -2.13. The minimum absolute atomic E-state index is 0.946. The fraction of sp³-hybridized carbons (Fsp3) is 0.412. The van der Waals surface area contributed by atoms with E-state index in [0.717, 1.165) is 42.4 Å². The van der Waals surface area contributed by atoms with Crippen molar-refractivity contribution in [1.82, 2.24) is 9.97 Å². The first-order chi connectivity index (χ1) is 10.3. The van der Waals surface area contributed by atoms with Crippen LogP contribution < -0.4 is 5.32 Å². The molecular weight excluding hydrogens is 278 g/mol. The Morgan fingerprint density at radius 2 is 1.86 bits per heavy atom. The van der Waals surface area contributed by atoms with E-state index < -0.39 is 0 Å². The second-order valence-corrected chi connectivity index (χ2v) is 5.92. The first-order valence-corrected chi connectivity index (χ1v) is 8.58. The Balaban J connectivity index is 2.13. The molecule has 3 nitrogen and oxygen atoms in total. The molecular formula is C17H23N3S. The molecule has 0 fully saturated rings. The molecule has 0 saturated carbocycles. The van der Waals surface area contributed by atoms with Crippen LogP contribution in [-0.4, -0.2) is 16.5 Å². The van der Waals surface area contributed by atoms with E-state index in [0.29, 0.717) is 0 Å². The van der Waals surface area contributed by atoms with Gasteiger partial charge < -0.3 is 5.32 Å². The molecule has 2 rings (SSSR count). The first-order valence-electron chi connectivity index (χ1n) is 7.59. The summed E-state index contributed by atoms with van der Waals surface area (Å²) in [6.07, 6.45) is 4.89. The standard InChI is InChI=1S/C17H23N3S/c1-3-8-15-16(18-11-4-2)19-13-20-17(15)21-12-14-9-6-5-7-10-14/h5-7,9-10,13H,3-4,8,11-12H2,1-2H3,(H,18,19,20). The Kier molecular flexibility index (Phi) is 6.54. The average Bonchev–Trinajstić information content (AvgIpc) is 2.53. The Morgan fingerprint density at radius 1 is 1.05 bits per heavy atom. The zero-order valence-corrected chi connectivity index (χ0v) is 13.6. The molecule has 1 heterocycles. The monoisotopic (exact) mass is 301 g/mol. The number of hydrogen-bond acceptors (Lipinski definition) is 4. The van der Waals surface area contributed by atoms with Gasteiger partial charge in [-0.1, -0.05) is 50.6 Å². The van der Waals surface area contributed by atoms with Gasteiger partial charge in [0.05, 0.1) is 0 Å². The van der Waals surface area contributed by atoms with Gasteiger partial charge in [0.15, 0.2) is 0 Å². The molecule has 0 saturated heterocycles. The smallest absolute Gasteiger partial charge is 0.133 e. The number of thioether (sulfide) groups is 1. The Hall–Kier alpha value is -1.55. The zero-order valence-electron chi connectivity index (χ0n) is 12.8. The molecule has 0 radical (unpaired) electrons. The third-order valence-corrected chi connectivity index (χ3v) is 4.27. The predicted octanol–water partition coefficient (Wildman–Crippen LogP) is 4.54. The topological polar surface area (TPSA) is 37.8 Å². The second-order valence-electron chi connectivity index (χ2n) is 4.96. The number of aromatic nitrogens is 2. The molecule has 0 amide bonds. The van der Waals surface area contributed by atoms with Gasteiger partial charge in [0.25, 0.3) is 0 Å². The van der Waals surface area contributed by atoms with Gasteiger partial charge in [-0.2, -0.15) is 0 Å². The SMILES string of the molecule is CCCNc1ncnc(SCc2ccccc2)c1CCC. The molecule has 21 heavy (non-hydrogen) atoms. The number of anilines is 1. The lowest BCUT2D eigenvalue weighted by atomic mass is 10.2. The maximum absolute atomic E-state index is 4.49. The van der Waals surface area contributed by atoms with Crippen LogP contribution in [0.1, 0.15) is 37.8 Å². The summed E-state index contributed by atoms with van der Waals surface area (Å²) in [5.41, 5.74) is 2.58. The van der Waals surface area contributed by atoms with Crippen LogP contribution in [0.4, 0.5) is 5.82 Å². The molecule has 1 aromatic carbocycles. The van der Waals surface area contributed by atoms with Crippen molar-refractivity contribution in [2.24, 2.45) is 0 Å². The lowest BCUT2D eigenvalue weighted by molar-refractivity contribution is 0.848. The third kappa shape index (κ3) is 4.74. The minimum atomic E-state index is 0.946. The second kappa shape index (κ2) is 8.67. The van der Waals surface area contributed by atoms with E-state index in [1.807, 2.05) is 6.07 Å². The van der Waals surface area contributed by atoms with Crippen LogP contribution in [0.3, 0.4) is 0 Å². The predicted molar refractivity (Wildman–Crippen MR) is 90.8 cm³/mol. The molecule has 0 aliphatic heterocycles. The number of hydrogen-bond donors (Lipinski definition) is 1. The van der Waals surface area contributed by atoms with Crippen molar-refractivity contribution in [3.05, 3.63) is 47.8 Å². The van der Waals surface area contributed by atoms with E-state index in [2.05, 4.69) is 53.4 Å². The molecule has 0 bridgehead atoms. The molecule has 0 aliphatic carbocycles. The van der Waals surface area contributed by atoms with Crippen LogP contribution in [0, 0.1) is 0 Å². The van der Waals surface area contributed by atoms with Crippen LogP contribution in [0.5, 0.6) is 0 Å². The third-order valence-electron chi connectivity index (χ3n) is 3.17. The quantitative estimate of drug-likeness (QED) is 0.573. The molecule has 1 aromatic heterocycles. The van der Waals surface area contributed by atoms with Crippen LogP contribution in [0.2, 0.25) is 0 Å². The highest BCUT2D eigenvalue weighted by Gasteiger charge is 2.11. The number of nitrogens with one attached hydrogen (secondary N) is 1. The van der Waals surface area contributed by atoms with Gasteiger partial charge in [-0.3, -0.25) is 0 Å². The fourth-order valence-corrected chi connectivity index (χ4v) is 3.11. The lowest BCUT2D eigenvalue weighted by Crippen LogP contribution is -2.07. The van der Waals surface area contributed by atoms with Crippen molar-refractivity contribution >= 4 is 17.6 Å². The summed E-state index contributed by atoms with van der Waals surface area (Å²) in [6.45, 7) is 5.32. The molecule has 0 atom stereocenters. The number of nitrogens with zero attached hydrogens (tertiary/aromatic N) is 2. The molecule has 4 heteroatoms. The highest BCUT2D eigenvalue weighted by molar-refractivity contribution is 7.98. The summed E-state index contributed by atoms with van der Waals surface area (Å²) < 4.78 is 0. The van der Waals surface area contributed by atoms with E-state index >= 15 is 0 Å². The van der Waals surface area contributed by atoms with Crippen molar-refractivity contribution < 1.29 is 0 Å². The van der Waals surface area contributed by atoms with Crippen LogP contribution in [0.25, 0.3) is 0 Å². The van der Waals surface area contributed by atoms with Crippen molar-refractivity contribution in [3.8, 4) is 0 Å². The Bertz CT molecular complexity index is 543. The van der Waals surface area contributed by atoms with Crippen LogP contribution in [-0.2, 0) is 12.2 Å². The van der Waals surface area contributed by atoms with Gasteiger partial charge in [0, 0.05) is 17.9 Å². The minimum Gasteiger partial charge on any atom is -0.370 e. The average molecular weight is 301 g/mol. The van der Waals surface area contributed by atoms with Crippen molar-refractivity contribution in [1.29, 1.82) is 0 Å². The highest BCUT2D eigenvalue weighted by atomic mass is 32.2. The summed E-state index contributed by atoms with van der Waals surface area (Å²) in [5.74, 6) is 1.95. The van der Waals surface area contributed by atoms with Gasteiger partial charge in [-0.05, 0) is 18.4 Å². The van der Waals surface area contributed by atoms with E-state index in [1.165, 1.54) is 11.1 Å². The largest absolute Gasteiger partial charge is 0.370 e. The Morgan fingerprint density at radius 3 is 2.57 bits per heavy atom. The molecule has 2 aromatic rings. The summed E-state index contributed by atoms with van der Waals surface area (Å²) in [6, 6.07) is 10.5. The molecule has 0 unspecified atom stereocenters. The zero-order chi connectivity index (χ0) is 14.9. The van der Waals surface area contributed by atoms with Crippen molar-refractivity contribution in [2.75, 3.05) is 11.9 Å². The van der Waals surface area contributed by atoms with Crippen molar-refractivity contribution in [2.45, 2.75) is 43.9 Å². The van der Waals surface area contributed by atoms with Gasteiger partial charge in [0.2, 0.25) is 0 Å². The summed E-state index contributed by atoms with van der Waals surface area (Å²) >= 11 is 1.80. The van der Waals surface area contributed by atoms with Crippen molar-refractivity contribution in [3.63, 3.8) is 0 Å². The van der Waals surface area contributed by atoms with Crippen LogP contribution >= 0.6 is 11.8 Å². The van der Waals surface area contributed by atoms with E-state index in [9.17, 15) is 0 Å². The molecule has 1 N–H and O–H groups in total. The maximum atomic E-state index is 4.49. The number of benzene rings is 1. The van der Waals surface area contributed by atoms with Gasteiger partial charge in [-0.25, -0.2) is 9.97 Å². The first kappa shape index (κ1) is 15.8. The van der Waals surface area contributed by atoms with E-state index in [4.69, 9.17) is 0 Å². The summed E-state index contributed by atoms with van der Waals surface area (Å²) in [4.78, 5) is 8.91. The Labute approximate surface area is 131 Å².